The summed E-state index contributed by atoms with van der Waals surface area (Å²) in [5.74, 6) is -6.35. The molecule has 140 heavy (non-hydrogen) atoms. The minimum atomic E-state index is -2.96. The SMILES string of the molecule is CC(F)(F)COC(=O)CN1CCCCC1.CC(F)(F)COC(=O)CN1CCCCC1.CC(F)(F)COC(=O)CN1CCOCC1.CC(F)(F)COC(=O)CN1CCOCC1.c1ccc([S+]2c3ccccc3Oc3ccccc32)cc1.c1ccc([S+]2c3ccccc3Oc3ccccc32)cc1.c1ccc([S+]2c3ccccc3Oc3ccccc32)cc1.c1ccc([S+]2c3ccccc3Oc3ccccc32)cc1. The van der Waals surface area contributed by atoms with Gasteiger partial charge in [0, 0.05) is 53.9 Å². The Balaban J connectivity index is 0.000000135. The maximum atomic E-state index is 12.4. The summed E-state index contributed by atoms with van der Waals surface area (Å²) in [7, 11) is -0.332. The number of morpholine rings is 2. The van der Waals surface area contributed by atoms with Crippen molar-refractivity contribution in [3.8, 4) is 46.0 Å². The van der Waals surface area contributed by atoms with Crippen LogP contribution in [0, 0.1) is 0 Å². The van der Waals surface area contributed by atoms with Gasteiger partial charge in [-0.3, -0.25) is 38.8 Å². The molecule has 4 saturated heterocycles. The van der Waals surface area contributed by atoms with Crippen molar-refractivity contribution >= 4 is 67.5 Å². The molecule has 4 fully saturated rings. The molecule has 0 radical (unpaired) electrons. The average Bonchev–Trinajstić information content (AvgIpc) is 0.777. The van der Waals surface area contributed by atoms with Crippen molar-refractivity contribution in [1.82, 2.24) is 19.6 Å². The minimum Gasteiger partial charge on any atom is -0.458 e. The highest BCUT2D eigenvalue weighted by atomic mass is 32.2. The maximum absolute atomic E-state index is 12.4. The van der Waals surface area contributed by atoms with Gasteiger partial charge in [0.25, 0.3) is 23.7 Å². The number of rotatable bonds is 20. The molecule has 8 aliphatic rings. The van der Waals surface area contributed by atoms with Crippen LogP contribution >= 0.6 is 0 Å². The molecule has 30 heteroatoms. The van der Waals surface area contributed by atoms with E-state index in [9.17, 15) is 54.3 Å². The van der Waals surface area contributed by atoms with Crippen LogP contribution in [-0.2, 0) is 91.2 Å². The molecule has 0 aliphatic carbocycles. The van der Waals surface area contributed by atoms with Crippen LogP contribution in [0.1, 0.15) is 66.2 Å². The number of benzene rings is 12. The molecule has 18 nitrogen and oxygen atoms in total. The van der Waals surface area contributed by atoms with Crippen LogP contribution in [-0.4, -0.2) is 199 Å². The fraction of sp³-hybridized carbons (Fsp3) is 0.309. The monoisotopic (exact) mass is 2000 g/mol. The molecule has 0 N–H and O–H groups in total. The van der Waals surface area contributed by atoms with E-state index in [1.807, 2.05) is 117 Å². The van der Waals surface area contributed by atoms with Gasteiger partial charge in [-0.1, -0.05) is 183 Å². The number of nitrogens with zero attached hydrogens (tertiary/aromatic N) is 4. The Kier molecular flexibility index (Phi) is 39.8. The summed E-state index contributed by atoms with van der Waals surface area (Å²) in [4.78, 5) is 67.5. The number of hydrogen-bond donors (Lipinski definition) is 0. The van der Waals surface area contributed by atoms with Crippen molar-refractivity contribution in [2.45, 2.75) is 149 Å². The van der Waals surface area contributed by atoms with Gasteiger partial charge < -0.3 is 47.4 Å². The average molecular weight is 2000 g/mol. The Morgan fingerprint density at radius 1 is 0.236 bits per heavy atom. The van der Waals surface area contributed by atoms with Crippen LogP contribution in [0.15, 0.2) is 374 Å². The standard InChI is InChI=1S/4C18H13OS.2C10H17F2NO2.2C9H15F2NO3/c4*1-2-8-14(9-3-1)20-17-12-6-4-10-15(17)19-16-11-5-7-13-18(16)20;2*1-10(11,12)8-15-9(14)7-13-5-3-2-4-6-13;2*1-9(10,11)7-15-8(13)6-12-2-4-14-5-3-12/h4*1-13H;2*2-8H2,1H3;2*2-7H2,1H3/q4*+1;;;;. The van der Waals surface area contributed by atoms with E-state index in [-0.39, 0.29) is 69.8 Å². The topological polar surface area (TPSA) is 174 Å². The molecule has 0 bridgehead atoms. The number of piperidine rings is 2. The normalized spacial score (nSPS) is 15.6. The van der Waals surface area contributed by atoms with Gasteiger partial charge in [-0.25, -0.2) is 35.1 Å². The number of ether oxygens (including phenoxy) is 10. The predicted molar refractivity (Wildman–Crippen MR) is 528 cm³/mol. The number of carbonyl (C=O) groups is 4. The molecule has 0 spiro atoms. The molecule has 736 valence electrons. The summed E-state index contributed by atoms with van der Waals surface area (Å²) in [5, 5.41) is 0. The van der Waals surface area contributed by atoms with Crippen LogP contribution in [0.4, 0.5) is 35.1 Å². The third-order valence-electron chi connectivity index (χ3n) is 21.8. The largest absolute Gasteiger partial charge is 0.458 e. The first-order valence-electron chi connectivity index (χ1n) is 46.4. The highest BCUT2D eigenvalue weighted by molar-refractivity contribution is 7.98. The number of carbonyl (C=O) groups excluding carboxylic acids is 4. The summed E-state index contributed by atoms with van der Waals surface area (Å²) >= 11 is 0. The molecule has 0 aromatic heterocycles. The molecule has 0 amide bonds. The van der Waals surface area contributed by atoms with Crippen LogP contribution in [0.3, 0.4) is 0 Å². The molecule has 20 rings (SSSR count). The molecule has 12 aromatic carbocycles. The fourth-order valence-electron chi connectivity index (χ4n) is 15.3. The van der Waals surface area contributed by atoms with Gasteiger partial charge in [-0.15, -0.1) is 0 Å². The zero-order valence-corrected chi connectivity index (χ0v) is 81.8. The lowest BCUT2D eigenvalue weighted by atomic mass is 10.1. The Morgan fingerprint density at radius 2 is 0.393 bits per heavy atom. The molecular formula is C110H116F8N4O14S4+4. The summed E-state index contributed by atoms with van der Waals surface area (Å²) in [6.45, 7) is 8.20. The number of likely N-dealkylation sites (tertiary alicyclic amines) is 2. The molecule has 0 unspecified atom stereocenters. The van der Waals surface area contributed by atoms with E-state index >= 15 is 0 Å². The number of para-hydroxylation sites is 8. The second kappa shape index (κ2) is 52.7. The highest BCUT2D eigenvalue weighted by Gasteiger charge is 2.44. The second-order valence-corrected chi connectivity index (χ2v) is 41.7. The first-order valence-corrected chi connectivity index (χ1v) is 51.3. The number of fused-ring (bicyclic) bond motifs is 8. The summed E-state index contributed by atoms with van der Waals surface area (Å²) < 4.78 is 151. The van der Waals surface area contributed by atoms with Gasteiger partial charge in [0.2, 0.25) is 39.2 Å². The maximum Gasteiger partial charge on any atom is 0.320 e. The van der Waals surface area contributed by atoms with E-state index in [0.717, 1.165) is 126 Å². The van der Waals surface area contributed by atoms with Gasteiger partial charge in [-0.05, 0) is 197 Å². The molecule has 8 heterocycles. The van der Waals surface area contributed by atoms with Gasteiger partial charge in [0.1, 0.15) is 43.6 Å². The minimum absolute atomic E-state index is 0.0550. The number of hydrogen-bond acceptors (Lipinski definition) is 18. The van der Waals surface area contributed by atoms with E-state index in [0.29, 0.717) is 52.6 Å². The van der Waals surface area contributed by atoms with Crippen molar-refractivity contribution in [3.63, 3.8) is 0 Å². The third kappa shape index (κ3) is 33.2. The summed E-state index contributed by atoms with van der Waals surface area (Å²) in [6.07, 6.45) is 6.63. The lowest BCUT2D eigenvalue weighted by Gasteiger charge is -2.25. The van der Waals surface area contributed by atoms with Crippen molar-refractivity contribution in [2.75, 3.05) is 131 Å². The Bertz CT molecular complexity index is 5000. The van der Waals surface area contributed by atoms with Gasteiger partial charge in [-0.2, -0.15) is 0 Å². The van der Waals surface area contributed by atoms with Crippen molar-refractivity contribution in [2.24, 2.45) is 0 Å². The van der Waals surface area contributed by atoms with E-state index < -0.39 is 74.0 Å². The number of esters is 4. The first kappa shape index (κ1) is 106. The Morgan fingerprint density at radius 3 is 0.564 bits per heavy atom. The quantitative estimate of drug-likeness (QED) is 0.0305. The number of alkyl halides is 8. The van der Waals surface area contributed by atoms with Crippen LogP contribution in [0.5, 0.6) is 46.0 Å². The van der Waals surface area contributed by atoms with Crippen LogP contribution in [0.2, 0.25) is 0 Å². The molecule has 0 atom stereocenters. The smallest absolute Gasteiger partial charge is 0.320 e. The molecule has 0 saturated carbocycles. The third-order valence-corrected chi connectivity index (χ3v) is 31.0. The number of halogens is 8. The summed E-state index contributed by atoms with van der Waals surface area (Å²) in [6, 6.07) is 109. The first-order chi connectivity index (χ1) is 67.6. The lowest BCUT2D eigenvalue weighted by Crippen LogP contribution is -2.40. The van der Waals surface area contributed by atoms with Crippen LogP contribution < -0.4 is 18.9 Å². The van der Waals surface area contributed by atoms with Gasteiger partial charge >= 0.3 is 23.9 Å². The zero-order valence-electron chi connectivity index (χ0n) is 78.6. The highest BCUT2D eigenvalue weighted by Crippen LogP contribution is 2.51. The lowest BCUT2D eigenvalue weighted by molar-refractivity contribution is -0.156. The second-order valence-electron chi connectivity index (χ2n) is 33.8. The Hall–Kier alpha value is -11.7. The van der Waals surface area contributed by atoms with E-state index in [1.54, 1.807) is 0 Å². The van der Waals surface area contributed by atoms with Crippen molar-refractivity contribution in [1.29, 1.82) is 0 Å². The van der Waals surface area contributed by atoms with Gasteiger partial charge in [0.05, 0.1) is 52.6 Å². The van der Waals surface area contributed by atoms with E-state index in [4.69, 9.17) is 28.4 Å². The van der Waals surface area contributed by atoms with E-state index in [1.165, 1.54) is 71.6 Å². The Labute approximate surface area is 824 Å². The fourth-order valence-corrected chi connectivity index (χ4v) is 24.2. The molecule has 12 aromatic rings. The molecule has 8 aliphatic heterocycles. The van der Waals surface area contributed by atoms with Gasteiger partial charge in [0.15, 0.2) is 92.0 Å². The van der Waals surface area contributed by atoms with E-state index in [2.05, 4.69) is 237 Å². The zero-order chi connectivity index (χ0) is 98.7. The molecular weight excluding hydrogens is 1880 g/mol. The van der Waals surface area contributed by atoms with Crippen molar-refractivity contribution in [3.05, 3.63) is 315 Å². The summed E-state index contributed by atoms with van der Waals surface area (Å²) in [5.41, 5.74) is 0. The predicted octanol–water partition coefficient (Wildman–Crippen LogP) is 23.9. The van der Waals surface area contributed by atoms with Crippen LogP contribution in [0.25, 0.3) is 0 Å². The van der Waals surface area contributed by atoms with Crippen molar-refractivity contribution < 1.29 is 102 Å².